The van der Waals surface area contributed by atoms with Gasteiger partial charge in [-0.15, -0.1) is 4.72 Å². The van der Waals surface area contributed by atoms with E-state index in [9.17, 15) is 30.9 Å². The number of rotatable bonds is 6. The lowest BCUT2D eigenvalue weighted by molar-refractivity contribution is -0.152. The maximum absolute atomic E-state index is 15.3. The summed E-state index contributed by atoms with van der Waals surface area (Å²) >= 11 is -2.11. The van der Waals surface area contributed by atoms with Crippen LogP contribution in [-0.4, -0.2) is 20.0 Å². The predicted octanol–water partition coefficient (Wildman–Crippen LogP) is 7.78. The Hall–Kier alpha value is -2.24. The smallest absolute Gasteiger partial charge is 0.417 e. The Balaban J connectivity index is 2.29. The average Bonchev–Trinajstić information content (AvgIpc) is 3.05. The summed E-state index contributed by atoms with van der Waals surface area (Å²) in [5.74, 6) is -1.13. The molecule has 11 heteroatoms. The minimum atomic E-state index is -4.88. The van der Waals surface area contributed by atoms with Gasteiger partial charge in [0.05, 0.1) is 5.56 Å². The second kappa shape index (κ2) is 9.90. The number of halogens is 7. The van der Waals surface area contributed by atoms with Gasteiger partial charge in [0.1, 0.15) is 10.6 Å². The van der Waals surface area contributed by atoms with E-state index in [4.69, 9.17) is 0 Å². The van der Waals surface area contributed by atoms with E-state index in [2.05, 4.69) is 4.72 Å². The molecule has 3 nitrogen and oxygen atoms in total. The van der Waals surface area contributed by atoms with Crippen LogP contribution in [0.4, 0.5) is 30.7 Å². The SMILES string of the molecule is CC(C)Cn1cc([C@H](N[S+]([O-])C(C)(C)C)C(F)(F)F)c2cc(F)c(-c3ccccc3C(F)(F)F)cc21. The summed E-state index contributed by atoms with van der Waals surface area (Å²) in [5, 5.41) is -0.123. The molecule has 0 aliphatic carbocycles. The van der Waals surface area contributed by atoms with Gasteiger partial charge in [-0.2, -0.15) is 26.3 Å². The molecule has 2 aromatic carbocycles. The van der Waals surface area contributed by atoms with Crippen LogP contribution >= 0.6 is 0 Å². The van der Waals surface area contributed by atoms with Gasteiger partial charge in [-0.05, 0) is 50.5 Å². The van der Waals surface area contributed by atoms with E-state index < -0.39 is 51.4 Å². The maximum atomic E-state index is 15.3. The van der Waals surface area contributed by atoms with Crippen molar-refractivity contribution < 1.29 is 35.3 Å². The molecule has 0 radical (unpaired) electrons. The van der Waals surface area contributed by atoms with Crippen molar-refractivity contribution in [2.45, 2.75) is 64.3 Å². The molecule has 0 amide bonds. The van der Waals surface area contributed by atoms with Crippen molar-refractivity contribution >= 4 is 22.3 Å². The zero-order valence-corrected chi connectivity index (χ0v) is 21.1. The van der Waals surface area contributed by atoms with Gasteiger partial charge < -0.3 is 9.12 Å². The van der Waals surface area contributed by atoms with E-state index in [1.165, 1.54) is 43.7 Å². The van der Waals surface area contributed by atoms with Gasteiger partial charge in [0, 0.05) is 46.1 Å². The highest BCUT2D eigenvalue weighted by molar-refractivity contribution is 7.90. The van der Waals surface area contributed by atoms with E-state index in [0.717, 1.165) is 24.3 Å². The molecule has 1 aromatic heterocycles. The van der Waals surface area contributed by atoms with Crippen LogP contribution in [0.5, 0.6) is 0 Å². The van der Waals surface area contributed by atoms with Gasteiger partial charge in [-0.3, -0.25) is 0 Å². The molecular formula is C25H27F7N2OS. The predicted molar refractivity (Wildman–Crippen MR) is 127 cm³/mol. The van der Waals surface area contributed by atoms with Crippen LogP contribution in [0.25, 0.3) is 22.0 Å². The molecule has 3 rings (SSSR count). The highest BCUT2D eigenvalue weighted by Crippen LogP contribution is 2.42. The Labute approximate surface area is 208 Å². The minimum absolute atomic E-state index is 0.0367. The zero-order valence-electron chi connectivity index (χ0n) is 20.3. The first kappa shape index (κ1) is 28.3. The number of aromatic nitrogens is 1. The monoisotopic (exact) mass is 536 g/mol. The van der Waals surface area contributed by atoms with E-state index in [-0.39, 0.29) is 34.5 Å². The maximum Gasteiger partial charge on any atom is 0.417 e. The molecule has 1 unspecified atom stereocenters. The third-order valence-electron chi connectivity index (χ3n) is 5.50. The van der Waals surface area contributed by atoms with E-state index in [1.807, 2.05) is 13.8 Å². The second-order valence-corrected chi connectivity index (χ2v) is 12.0. The van der Waals surface area contributed by atoms with Crippen molar-refractivity contribution in [2.24, 2.45) is 5.92 Å². The first-order chi connectivity index (χ1) is 16.4. The zero-order chi connectivity index (χ0) is 27.2. The lowest BCUT2D eigenvalue weighted by Gasteiger charge is -2.29. The third kappa shape index (κ3) is 6.00. The Bertz CT molecular complexity index is 1230. The summed E-state index contributed by atoms with van der Waals surface area (Å²) < 4.78 is 114. The van der Waals surface area contributed by atoms with Crippen molar-refractivity contribution in [1.29, 1.82) is 0 Å². The molecule has 2 atom stereocenters. The van der Waals surface area contributed by atoms with E-state index >= 15 is 4.39 Å². The Kier molecular flexibility index (Phi) is 7.80. The fraction of sp³-hybridized carbons (Fsp3) is 0.440. The standard InChI is InChI=1S/C25H27F7N2OS/c1-14(2)12-34-13-18(22(25(30,31)32)33-36(35)23(3,4)5)17-10-20(26)16(11-21(17)34)15-8-6-7-9-19(15)24(27,28)29/h6-11,13-14,22,33H,12H2,1-5H3/t22-,36?/m0/s1. The Morgan fingerprint density at radius 1 is 0.972 bits per heavy atom. The lowest BCUT2D eigenvalue weighted by Crippen LogP contribution is -2.45. The summed E-state index contributed by atoms with van der Waals surface area (Å²) in [5.41, 5.74) is -2.06. The number of nitrogens with one attached hydrogen (secondary N) is 1. The van der Waals surface area contributed by atoms with Crippen LogP contribution in [0, 0.1) is 11.7 Å². The number of hydrogen-bond acceptors (Lipinski definition) is 2. The molecule has 0 spiro atoms. The highest BCUT2D eigenvalue weighted by Gasteiger charge is 2.47. The van der Waals surface area contributed by atoms with Crippen LogP contribution in [0.1, 0.15) is 51.8 Å². The molecule has 0 aliphatic rings. The molecule has 3 aromatic rings. The number of hydrogen-bond donors (Lipinski definition) is 1. The van der Waals surface area contributed by atoms with Crippen LogP contribution in [-0.2, 0) is 24.1 Å². The molecule has 1 heterocycles. The normalized spacial score (nSPS) is 15.1. The van der Waals surface area contributed by atoms with Crippen molar-refractivity contribution in [3.8, 4) is 11.1 Å². The average molecular weight is 537 g/mol. The van der Waals surface area contributed by atoms with Crippen molar-refractivity contribution in [3.05, 3.63) is 59.5 Å². The van der Waals surface area contributed by atoms with Gasteiger partial charge in [-0.1, -0.05) is 32.0 Å². The fourth-order valence-electron chi connectivity index (χ4n) is 3.87. The fourth-order valence-corrected chi connectivity index (χ4v) is 4.70. The Morgan fingerprint density at radius 3 is 2.11 bits per heavy atom. The van der Waals surface area contributed by atoms with E-state index in [1.54, 1.807) is 0 Å². The van der Waals surface area contributed by atoms with Crippen LogP contribution in [0.15, 0.2) is 42.6 Å². The van der Waals surface area contributed by atoms with Crippen molar-refractivity contribution in [1.82, 2.24) is 9.29 Å². The lowest BCUT2D eigenvalue weighted by atomic mass is 9.96. The van der Waals surface area contributed by atoms with Gasteiger partial charge >= 0.3 is 12.4 Å². The third-order valence-corrected chi connectivity index (χ3v) is 7.07. The summed E-state index contributed by atoms with van der Waals surface area (Å²) in [6, 6.07) is 4.04. The minimum Gasteiger partial charge on any atom is -0.598 e. The van der Waals surface area contributed by atoms with Crippen LogP contribution in [0.2, 0.25) is 0 Å². The van der Waals surface area contributed by atoms with Crippen LogP contribution in [0.3, 0.4) is 0 Å². The Morgan fingerprint density at radius 2 is 1.58 bits per heavy atom. The van der Waals surface area contributed by atoms with E-state index in [0.29, 0.717) is 0 Å². The quantitative estimate of drug-likeness (QED) is 0.258. The molecule has 36 heavy (non-hydrogen) atoms. The second-order valence-electron chi connectivity index (χ2n) is 10.00. The largest absolute Gasteiger partial charge is 0.598 e. The molecule has 1 N–H and O–H groups in total. The summed E-state index contributed by atoms with van der Waals surface area (Å²) in [6.45, 7) is 8.41. The molecule has 0 bridgehead atoms. The summed E-state index contributed by atoms with van der Waals surface area (Å²) in [7, 11) is 0. The van der Waals surface area contributed by atoms with Gasteiger partial charge in [0.2, 0.25) is 0 Å². The molecule has 198 valence electrons. The topological polar surface area (TPSA) is 40.0 Å². The van der Waals surface area contributed by atoms with Crippen molar-refractivity contribution in [2.75, 3.05) is 0 Å². The first-order valence-electron chi connectivity index (χ1n) is 11.1. The molecular weight excluding hydrogens is 509 g/mol. The summed E-state index contributed by atoms with van der Waals surface area (Å²) in [4.78, 5) is 0. The molecule has 0 fully saturated rings. The highest BCUT2D eigenvalue weighted by atomic mass is 32.2. The molecule has 0 saturated carbocycles. The van der Waals surface area contributed by atoms with Crippen LogP contribution < -0.4 is 4.72 Å². The van der Waals surface area contributed by atoms with Crippen molar-refractivity contribution in [3.63, 3.8) is 0 Å². The molecule has 0 saturated heterocycles. The van der Waals surface area contributed by atoms with Gasteiger partial charge in [0.25, 0.3) is 0 Å². The number of alkyl halides is 6. The first-order valence-corrected chi connectivity index (χ1v) is 12.3. The van der Waals surface area contributed by atoms with Gasteiger partial charge in [-0.25, -0.2) is 4.39 Å². The number of fused-ring (bicyclic) bond motifs is 1. The number of benzene rings is 2. The van der Waals surface area contributed by atoms with Gasteiger partial charge in [0.15, 0.2) is 6.04 Å². The summed E-state index contributed by atoms with van der Waals surface area (Å²) in [6.07, 6.45) is -8.43. The number of nitrogens with zero attached hydrogens (tertiary/aromatic N) is 1. The molecule has 0 aliphatic heterocycles.